The number of hydrogen-bond acceptors (Lipinski definition) is 2. The van der Waals surface area contributed by atoms with Crippen LogP contribution in [-0.4, -0.2) is 12.6 Å². The highest BCUT2D eigenvalue weighted by Crippen LogP contribution is 2.50. The second-order valence-electron chi connectivity index (χ2n) is 6.79. The Morgan fingerprint density at radius 2 is 1.57 bits per heavy atom. The maximum Gasteiger partial charge on any atom is 0.108 e. The van der Waals surface area contributed by atoms with Gasteiger partial charge in [-0.25, -0.2) is 0 Å². The molecule has 1 fully saturated rings. The molecule has 0 saturated heterocycles. The quantitative estimate of drug-likeness (QED) is 0.803. The molecular formula is C21H22N2. The van der Waals surface area contributed by atoms with Crippen molar-refractivity contribution in [3.8, 4) is 17.2 Å². The van der Waals surface area contributed by atoms with Gasteiger partial charge in [-0.1, -0.05) is 48.5 Å². The summed E-state index contributed by atoms with van der Waals surface area (Å²) in [6.45, 7) is 1.08. The van der Waals surface area contributed by atoms with Crippen LogP contribution in [0.4, 0.5) is 0 Å². The zero-order valence-corrected chi connectivity index (χ0v) is 13.4. The van der Waals surface area contributed by atoms with Gasteiger partial charge < -0.3 is 5.32 Å². The van der Waals surface area contributed by atoms with Crippen molar-refractivity contribution in [1.29, 1.82) is 5.26 Å². The molecule has 4 rings (SSSR count). The topological polar surface area (TPSA) is 35.8 Å². The molecule has 0 bridgehead atoms. The van der Waals surface area contributed by atoms with E-state index in [1.54, 1.807) is 0 Å². The fourth-order valence-electron chi connectivity index (χ4n) is 3.88. The number of benzene rings is 2. The molecule has 0 aromatic heterocycles. The minimum atomic E-state index is -0.466. The SMILES string of the molecule is N#CC1(CCCCNC2CC2)c2ccccc2-c2ccccc21. The van der Waals surface area contributed by atoms with E-state index in [1.165, 1.54) is 35.1 Å². The second kappa shape index (κ2) is 5.83. The van der Waals surface area contributed by atoms with E-state index in [2.05, 4.69) is 59.9 Å². The smallest absolute Gasteiger partial charge is 0.108 e. The largest absolute Gasteiger partial charge is 0.314 e. The first kappa shape index (κ1) is 14.5. The number of rotatable bonds is 6. The lowest BCUT2D eigenvalue weighted by Crippen LogP contribution is -2.24. The van der Waals surface area contributed by atoms with Crippen LogP contribution >= 0.6 is 0 Å². The average molecular weight is 302 g/mol. The van der Waals surface area contributed by atoms with Crippen molar-refractivity contribution >= 4 is 0 Å². The standard InChI is InChI=1S/C21H22N2/c22-15-21(13-5-6-14-23-16-11-12-16)19-9-3-1-7-17(19)18-8-2-4-10-20(18)21/h1-4,7-10,16,23H,5-6,11-14H2. The summed E-state index contributed by atoms with van der Waals surface area (Å²) in [6, 6.07) is 20.3. The molecule has 0 atom stereocenters. The van der Waals surface area contributed by atoms with Gasteiger partial charge in [0.05, 0.1) is 6.07 Å². The van der Waals surface area contributed by atoms with Crippen LogP contribution in [0.3, 0.4) is 0 Å². The van der Waals surface area contributed by atoms with Gasteiger partial charge in [0.2, 0.25) is 0 Å². The Bertz CT molecular complexity index is 707. The summed E-state index contributed by atoms with van der Waals surface area (Å²) in [5, 5.41) is 13.7. The fraction of sp³-hybridized carbons (Fsp3) is 0.381. The van der Waals surface area contributed by atoms with Crippen molar-refractivity contribution in [3.05, 3.63) is 59.7 Å². The molecule has 116 valence electrons. The number of fused-ring (bicyclic) bond motifs is 3. The van der Waals surface area contributed by atoms with Gasteiger partial charge in [-0.15, -0.1) is 0 Å². The molecule has 2 aromatic rings. The number of unbranched alkanes of at least 4 members (excludes halogenated alkanes) is 1. The number of nitriles is 1. The van der Waals surface area contributed by atoms with Gasteiger partial charge in [-0.05, 0) is 60.9 Å². The highest BCUT2D eigenvalue weighted by atomic mass is 14.9. The highest BCUT2D eigenvalue weighted by molar-refractivity contribution is 5.82. The van der Waals surface area contributed by atoms with Crippen LogP contribution in [0.5, 0.6) is 0 Å². The molecule has 2 nitrogen and oxygen atoms in total. The second-order valence-corrected chi connectivity index (χ2v) is 6.79. The lowest BCUT2D eigenvalue weighted by Gasteiger charge is -2.24. The van der Waals surface area contributed by atoms with Crippen LogP contribution in [-0.2, 0) is 5.41 Å². The van der Waals surface area contributed by atoms with Crippen molar-refractivity contribution in [1.82, 2.24) is 5.32 Å². The Kier molecular flexibility index (Phi) is 3.67. The van der Waals surface area contributed by atoms with E-state index in [-0.39, 0.29) is 0 Å². The van der Waals surface area contributed by atoms with Gasteiger partial charge in [0.15, 0.2) is 0 Å². The van der Waals surface area contributed by atoms with Gasteiger partial charge in [-0.3, -0.25) is 0 Å². The molecule has 0 unspecified atom stereocenters. The summed E-state index contributed by atoms with van der Waals surface area (Å²) < 4.78 is 0. The molecule has 0 radical (unpaired) electrons. The molecule has 2 heteroatoms. The molecule has 0 aliphatic heterocycles. The molecule has 0 heterocycles. The Morgan fingerprint density at radius 1 is 0.957 bits per heavy atom. The maximum atomic E-state index is 10.1. The van der Waals surface area contributed by atoms with Gasteiger partial charge in [-0.2, -0.15) is 5.26 Å². The van der Waals surface area contributed by atoms with Gasteiger partial charge in [0.25, 0.3) is 0 Å². The highest BCUT2D eigenvalue weighted by Gasteiger charge is 2.42. The van der Waals surface area contributed by atoms with E-state index in [9.17, 15) is 5.26 Å². The predicted octanol–water partition coefficient (Wildman–Crippen LogP) is 4.40. The number of nitrogens with one attached hydrogen (secondary N) is 1. The summed E-state index contributed by atoms with van der Waals surface area (Å²) in [5.74, 6) is 0. The number of hydrogen-bond donors (Lipinski definition) is 1. The van der Waals surface area contributed by atoms with Crippen LogP contribution in [0.15, 0.2) is 48.5 Å². The van der Waals surface area contributed by atoms with E-state index in [0.717, 1.165) is 31.8 Å². The Balaban J connectivity index is 1.59. The molecular weight excluding hydrogens is 280 g/mol. The molecule has 0 amide bonds. The summed E-state index contributed by atoms with van der Waals surface area (Å²) >= 11 is 0. The summed E-state index contributed by atoms with van der Waals surface area (Å²) in [5.41, 5.74) is 4.39. The van der Waals surface area contributed by atoms with Crippen LogP contribution in [0.1, 0.15) is 43.2 Å². The van der Waals surface area contributed by atoms with Crippen molar-refractivity contribution in [2.75, 3.05) is 6.54 Å². The number of nitrogens with zero attached hydrogens (tertiary/aromatic N) is 1. The molecule has 2 aliphatic rings. The van der Waals surface area contributed by atoms with E-state index < -0.39 is 5.41 Å². The van der Waals surface area contributed by atoms with E-state index in [1.807, 2.05) is 0 Å². The minimum absolute atomic E-state index is 0.466. The average Bonchev–Trinajstić information content (AvgIpc) is 3.39. The zero-order valence-electron chi connectivity index (χ0n) is 13.4. The third-order valence-electron chi connectivity index (χ3n) is 5.24. The summed E-state index contributed by atoms with van der Waals surface area (Å²) in [7, 11) is 0. The lowest BCUT2D eigenvalue weighted by molar-refractivity contribution is 0.531. The van der Waals surface area contributed by atoms with Crippen LogP contribution in [0.2, 0.25) is 0 Å². The van der Waals surface area contributed by atoms with Crippen LogP contribution < -0.4 is 5.32 Å². The van der Waals surface area contributed by atoms with Crippen LogP contribution in [0.25, 0.3) is 11.1 Å². The molecule has 1 N–H and O–H groups in total. The zero-order chi connectivity index (χ0) is 15.7. The van der Waals surface area contributed by atoms with Gasteiger partial charge in [0, 0.05) is 6.04 Å². The lowest BCUT2D eigenvalue weighted by atomic mass is 9.75. The normalized spacial score (nSPS) is 17.3. The molecule has 2 aromatic carbocycles. The van der Waals surface area contributed by atoms with Crippen molar-refractivity contribution in [2.45, 2.75) is 43.6 Å². The third-order valence-corrected chi connectivity index (χ3v) is 5.24. The van der Waals surface area contributed by atoms with Crippen molar-refractivity contribution < 1.29 is 0 Å². The van der Waals surface area contributed by atoms with Crippen molar-refractivity contribution in [3.63, 3.8) is 0 Å². The van der Waals surface area contributed by atoms with Crippen molar-refractivity contribution in [2.24, 2.45) is 0 Å². The van der Waals surface area contributed by atoms with Gasteiger partial charge >= 0.3 is 0 Å². The van der Waals surface area contributed by atoms with E-state index >= 15 is 0 Å². The monoisotopic (exact) mass is 302 g/mol. The van der Waals surface area contributed by atoms with E-state index in [4.69, 9.17) is 0 Å². The first-order chi connectivity index (χ1) is 11.3. The minimum Gasteiger partial charge on any atom is -0.314 e. The molecule has 0 spiro atoms. The fourth-order valence-corrected chi connectivity index (χ4v) is 3.88. The Morgan fingerprint density at radius 3 is 2.13 bits per heavy atom. The first-order valence-corrected chi connectivity index (χ1v) is 8.69. The Hall–Kier alpha value is -2.11. The van der Waals surface area contributed by atoms with Gasteiger partial charge in [0.1, 0.15) is 5.41 Å². The van der Waals surface area contributed by atoms with E-state index in [0.29, 0.717) is 0 Å². The summed E-state index contributed by atoms with van der Waals surface area (Å²) in [6.07, 6.45) is 5.80. The molecule has 1 saturated carbocycles. The Labute approximate surface area is 138 Å². The molecule has 23 heavy (non-hydrogen) atoms. The maximum absolute atomic E-state index is 10.1. The van der Waals surface area contributed by atoms with Crippen LogP contribution in [0, 0.1) is 11.3 Å². The first-order valence-electron chi connectivity index (χ1n) is 8.69. The third kappa shape index (κ3) is 2.46. The predicted molar refractivity (Wildman–Crippen MR) is 93.1 cm³/mol. The summed E-state index contributed by atoms with van der Waals surface area (Å²) in [4.78, 5) is 0. The molecule has 2 aliphatic carbocycles.